The number of nitrogens with zero attached hydrogens (tertiary/aromatic N) is 3. The third-order valence-corrected chi connectivity index (χ3v) is 3.94. The quantitative estimate of drug-likeness (QED) is 0.941. The van der Waals surface area contributed by atoms with Crippen LogP contribution in [0.5, 0.6) is 0 Å². The van der Waals surface area contributed by atoms with Crippen LogP contribution in [0.25, 0.3) is 0 Å². The van der Waals surface area contributed by atoms with Crippen molar-refractivity contribution in [2.24, 2.45) is 0 Å². The van der Waals surface area contributed by atoms with Crippen LogP contribution in [0.3, 0.4) is 0 Å². The summed E-state index contributed by atoms with van der Waals surface area (Å²) in [5, 5.41) is 7.24. The van der Waals surface area contributed by atoms with Crippen LogP contribution in [0.15, 0.2) is 30.3 Å². The summed E-state index contributed by atoms with van der Waals surface area (Å²) in [4.78, 5) is 14.7. The van der Waals surface area contributed by atoms with Crippen molar-refractivity contribution >= 4 is 17.3 Å². The van der Waals surface area contributed by atoms with Gasteiger partial charge in [0, 0.05) is 31.0 Å². The van der Waals surface area contributed by atoms with Crippen LogP contribution in [-0.4, -0.2) is 42.0 Å². The number of benzene rings is 1. The van der Waals surface area contributed by atoms with Gasteiger partial charge in [0.25, 0.3) is 5.91 Å². The molecule has 0 unspecified atom stereocenters. The van der Waals surface area contributed by atoms with Crippen molar-refractivity contribution in [3.8, 4) is 0 Å². The number of anilines is 2. The number of rotatable bonds is 4. The van der Waals surface area contributed by atoms with Crippen molar-refractivity contribution < 1.29 is 9.53 Å². The third kappa shape index (κ3) is 3.53. The minimum Gasteiger partial charge on any atom is -0.378 e. The van der Waals surface area contributed by atoms with Gasteiger partial charge in [-0.1, -0.05) is 0 Å². The maximum atomic E-state index is 12.4. The molecule has 23 heavy (non-hydrogen) atoms. The Morgan fingerprint density at radius 2 is 1.96 bits per heavy atom. The molecule has 3 rings (SSSR count). The van der Waals surface area contributed by atoms with Gasteiger partial charge in [-0.3, -0.25) is 9.48 Å². The summed E-state index contributed by atoms with van der Waals surface area (Å²) in [6, 6.07) is 9.73. The van der Waals surface area contributed by atoms with Crippen molar-refractivity contribution in [2.45, 2.75) is 20.4 Å². The Bertz CT molecular complexity index is 672. The van der Waals surface area contributed by atoms with Crippen molar-refractivity contribution in [3.63, 3.8) is 0 Å². The second-order valence-electron chi connectivity index (χ2n) is 5.59. The van der Waals surface area contributed by atoms with Crippen LogP contribution >= 0.6 is 0 Å². The molecule has 1 fully saturated rings. The molecule has 0 saturated carbocycles. The zero-order valence-corrected chi connectivity index (χ0v) is 13.6. The fourth-order valence-electron chi connectivity index (χ4n) is 2.74. The fraction of sp³-hybridized carbons (Fsp3) is 0.412. The zero-order chi connectivity index (χ0) is 16.2. The lowest BCUT2D eigenvalue weighted by molar-refractivity contribution is 0.101. The molecule has 0 bridgehead atoms. The summed E-state index contributed by atoms with van der Waals surface area (Å²) in [5.41, 5.74) is 3.37. The fourth-order valence-corrected chi connectivity index (χ4v) is 2.74. The standard InChI is InChI=1S/C17H22N4O2/c1-3-21-16(12-13(2)19-21)17(22)18-14-4-6-15(7-5-14)20-8-10-23-11-9-20/h4-7,12H,3,8-11H2,1-2H3,(H,18,22). The number of nitrogens with one attached hydrogen (secondary N) is 1. The molecule has 1 aliphatic heterocycles. The van der Waals surface area contributed by atoms with Gasteiger partial charge in [-0.05, 0) is 44.2 Å². The zero-order valence-electron chi connectivity index (χ0n) is 13.6. The van der Waals surface area contributed by atoms with Gasteiger partial charge in [-0.25, -0.2) is 0 Å². The van der Waals surface area contributed by atoms with E-state index in [0.29, 0.717) is 12.2 Å². The highest BCUT2D eigenvalue weighted by Crippen LogP contribution is 2.19. The summed E-state index contributed by atoms with van der Waals surface area (Å²) >= 11 is 0. The highest BCUT2D eigenvalue weighted by Gasteiger charge is 2.14. The van der Waals surface area contributed by atoms with Gasteiger partial charge >= 0.3 is 0 Å². The molecule has 2 heterocycles. The van der Waals surface area contributed by atoms with Crippen molar-refractivity contribution in [1.29, 1.82) is 0 Å². The van der Waals surface area contributed by atoms with Gasteiger partial charge in [0.05, 0.1) is 18.9 Å². The molecule has 0 spiro atoms. The number of amides is 1. The molecule has 1 aromatic carbocycles. The van der Waals surface area contributed by atoms with Gasteiger partial charge in [-0.2, -0.15) is 5.10 Å². The average Bonchev–Trinajstić information content (AvgIpc) is 2.97. The van der Waals surface area contributed by atoms with Gasteiger partial charge < -0.3 is 15.0 Å². The van der Waals surface area contributed by atoms with Crippen LogP contribution < -0.4 is 10.2 Å². The lowest BCUT2D eigenvalue weighted by atomic mass is 10.2. The first kappa shape index (κ1) is 15.6. The van der Waals surface area contributed by atoms with E-state index in [2.05, 4.69) is 15.3 Å². The highest BCUT2D eigenvalue weighted by atomic mass is 16.5. The smallest absolute Gasteiger partial charge is 0.273 e. The molecule has 1 aliphatic rings. The Hall–Kier alpha value is -2.34. The SMILES string of the molecule is CCn1nc(C)cc1C(=O)Nc1ccc(N2CCOCC2)cc1. The van der Waals surface area contributed by atoms with E-state index in [9.17, 15) is 4.79 Å². The van der Waals surface area contributed by atoms with Crippen molar-refractivity contribution in [1.82, 2.24) is 9.78 Å². The number of ether oxygens (including phenoxy) is 1. The van der Waals surface area contributed by atoms with Crippen LogP contribution in [0.4, 0.5) is 11.4 Å². The predicted molar refractivity (Wildman–Crippen MR) is 90.1 cm³/mol. The molecule has 1 N–H and O–H groups in total. The van der Waals surface area contributed by atoms with E-state index in [1.807, 2.05) is 38.1 Å². The largest absolute Gasteiger partial charge is 0.378 e. The van der Waals surface area contributed by atoms with Gasteiger partial charge in [0.1, 0.15) is 5.69 Å². The average molecular weight is 314 g/mol. The maximum absolute atomic E-state index is 12.4. The number of hydrogen-bond donors (Lipinski definition) is 1. The Morgan fingerprint density at radius 3 is 2.61 bits per heavy atom. The minimum absolute atomic E-state index is 0.133. The predicted octanol–water partition coefficient (Wildman–Crippen LogP) is 2.30. The molecule has 0 aliphatic carbocycles. The first-order valence-corrected chi connectivity index (χ1v) is 7.96. The van der Waals surface area contributed by atoms with Gasteiger partial charge in [-0.15, -0.1) is 0 Å². The molecule has 6 heteroatoms. The lowest BCUT2D eigenvalue weighted by Gasteiger charge is -2.28. The van der Waals surface area contributed by atoms with Crippen LogP contribution in [0.2, 0.25) is 0 Å². The first-order valence-electron chi connectivity index (χ1n) is 7.96. The minimum atomic E-state index is -0.133. The van der Waals surface area contributed by atoms with Crippen molar-refractivity contribution in [2.75, 3.05) is 36.5 Å². The summed E-state index contributed by atoms with van der Waals surface area (Å²) in [7, 11) is 0. The second kappa shape index (κ2) is 6.83. The molecule has 0 radical (unpaired) electrons. The molecular formula is C17H22N4O2. The van der Waals surface area contributed by atoms with Gasteiger partial charge in [0.15, 0.2) is 0 Å². The summed E-state index contributed by atoms with van der Waals surface area (Å²) in [5.74, 6) is -0.133. The number of carbonyl (C=O) groups is 1. The van der Waals surface area contributed by atoms with Crippen LogP contribution in [0.1, 0.15) is 23.1 Å². The van der Waals surface area contributed by atoms with E-state index in [-0.39, 0.29) is 5.91 Å². The molecule has 6 nitrogen and oxygen atoms in total. The molecule has 2 aromatic rings. The van der Waals surface area contributed by atoms with E-state index in [1.54, 1.807) is 10.7 Å². The number of morpholine rings is 1. The Balaban J connectivity index is 1.69. The Kier molecular flexibility index (Phi) is 4.62. The first-order chi connectivity index (χ1) is 11.2. The van der Waals surface area contributed by atoms with E-state index in [0.717, 1.165) is 43.4 Å². The number of aryl methyl sites for hydroxylation is 2. The molecule has 1 aromatic heterocycles. The summed E-state index contributed by atoms with van der Waals surface area (Å²) in [6.45, 7) is 7.87. The van der Waals surface area contributed by atoms with Crippen LogP contribution in [0, 0.1) is 6.92 Å². The van der Waals surface area contributed by atoms with Crippen LogP contribution in [-0.2, 0) is 11.3 Å². The topological polar surface area (TPSA) is 59.4 Å². The highest BCUT2D eigenvalue weighted by molar-refractivity contribution is 6.03. The molecule has 1 amide bonds. The van der Waals surface area contributed by atoms with Gasteiger partial charge in [0.2, 0.25) is 0 Å². The van der Waals surface area contributed by atoms with E-state index in [4.69, 9.17) is 4.74 Å². The molecule has 1 saturated heterocycles. The van der Waals surface area contributed by atoms with E-state index >= 15 is 0 Å². The number of hydrogen-bond acceptors (Lipinski definition) is 4. The number of carbonyl (C=O) groups excluding carboxylic acids is 1. The Morgan fingerprint density at radius 1 is 1.26 bits per heavy atom. The molecule has 122 valence electrons. The second-order valence-corrected chi connectivity index (χ2v) is 5.59. The molecule has 0 atom stereocenters. The Labute approximate surface area is 136 Å². The summed E-state index contributed by atoms with van der Waals surface area (Å²) in [6.07, 6.45) is 0. The molecular weight excluding hydrogens is 292 g/mol. The van der Waals surface area contributed by atoms with E-state index in [1.165, 1.54) is 0 Å². The van der Waals surface area contributed by atoms with Crippen molar-refractivity contribution in [3.05, 3.63) is 41.7 Å². The van der Waals surface area contributed by atoms with E-state index < -0.39 is 0 Å². The third-order valence-electron chi connectivity index (χ3n) is 3.94. The monoisotopic (exact) mass is 314 g/mol. The normalized spacial score (nSPS) is 14.8. The number of aromatic nitrogens is 2. The lowest BCUT2D eigenvalue weighted by Crippen LogP contribution is -2.36. The maximum Gasteiger partial charge on any atom is 0.273 e. The summed E-state index contributed by atoms with van der Waals surface area (Å²) < 4.78 is 7.08.